The van der Waals surface area contributed by atoms with E-state index in [9.17, 15) is 4.79 Å². The number of rotatable bonds is 4. The van der Waals surface area contributed by atoms with Crippen molar-refractivity contribution in [1.82, 2.24) is 5.43 Å². The molecule has 0 heterocycles. The predicted octanol–water partition coefficient (Wildman–Crippen LogP) is 1.40. The molecule has 1 rings (SSSR count). The normalized spacial score (nSPS) is 13.2. The van der Waals surface area contributed by atoms with E-state index in [1.807, 2.05) is 51.1 Å². The van der Waals surface area contributed by atoms with Crippen molar-refractivity contribution in [3.05, 3.63) is 35.9 Å². The van der Waals surface area contributed by atoms with E-state index in [2.05, 4.69) is 5.43 Å². The van der Waals surface area contributed by atoms with E-state index in [0.29, 0.717) is 6.42 Å². The fourth-order valence-corrected chi connectivity index (χ4v) is 1.43. The van der Waals surface area contributed by atoms with Gasteiger partial charge >= 0.3 is 5.97 Å². The van der Waals surface area contributed by atoms with Gasteiger partial charge in [-0.2, -0.15) is 0 Å². The number of hydrogen-bond donors (Lipinski definition) is 2. The van der Waals surface area contributed by atoms with Gasteiger partial charge in [-0.3, -0.25) is 10.6 Å². The summed E-state index contributed by atoms with van der Waals surface area (Å²) in [5, 5.41) is 0. The molecule has 0 aliphatic carbocycles. The highest BCUT2D eigenvalue weighted by Gasteiger charge is 2.24. The Morgan fingerprint density at radius 1 is 1.35 bits per heavy atom. The smallest absolute Gasteiger partial charge is 0.325 e. The standard InChI is InChI=1S/C13H20N2O2/c1-13(2,3)17-12(16)11(15-14)9-10-7-5-4-6-8-10/h4-8,11,15H,9,14H2,1-3H3. The molecule has 0 saturated heterocycles. The van der Waals surface area contributed by atoms with E-state index < -0.39 is 11.6 Å². The molecule has 3 N–H and O–H groups in total. The van der Waals surface area contributed by atoms with Crippen LogP contribution < -0.4 is 11.3 Å². The van der Waals surface area contributed by atoms with E-state index in [1.165, 1.54) is 0 Å². The van der Waals surface area contributed by atoms with Crippen molar-refractivity contribution in [2.75, 3.05) is 0 Å². The Hall–Kier alpha value is -1.39. The van der Waals surface area contributed by atoms with Crippen molar-refractivity contribution in [3.8, 4) is 0 Å². The van der Waals surface area contributed by atoms with Crippen LogP contribution in [0.2, 0.25) is 0 Å². The average Bonchev–Trinajstić information content (AvgIpc) is 2.24. The third kappa shape index (κ3) is 4.97. The van der Waals surface area contributed by atoms with Crippen LogP contribution in [0.25, 0.3) is 0 Å². The Balaban J connectivity index is 2.63. The van der Waals surface area contributed by atoms with Gasteiger partial charge in [0.1, 0.15) is 11.6 Å². The second-order valence-corrected chi connectivity index (χ2v) is 4.94. The summed E-state index contributed by atoms with van der Waals surface area (Å²) < 4.78 is 5.28. The summed E-state index contributed by atoms with van der Waals surface area (Å²) in [5.41, 5.74) is 3.04. The maximum Gasteiger partial charge on any atom is 0.325 e. The lowest BCUT2D eigenvalue weighted by Gasteiger charge is -2.23. The van der Waals surface area contributed by atoms with Crippen LogP contribution in [0.5, 0.6) is 0 Å². The van der Waals surface area contributed by atoms with Gasteiger partial charge in [-0.15, -0.1) is 0 Å². The zero-order valence-corrected chi connectivity index (χ0v) is 10.6. The minimum absolute atomic E-state index is 0.330. The molecule has 1 unspecified atom stereocenters. The highest BCUT2D eigenvalue weighted by Crippen LogP contribution is 2.10. The van der Waals surface area contributed by atoms with E-state index in [-0.39, 0.29) is 5.97 Å². The number of hydrazine groups is 1. The van der Waals surface area contributed by atoms with E-state index in [0.717, 1.165) is 5.56 Å². The molecule has 0 radical (unpaired) electrons. The van der Waals surface area contributed by atoms with E-state index >= 15 is 0 Å². The topological polar surface area (TPSA) is 64.3 Å². The van der Waals surface area contributed by atoms with E-state index in [4.69, 9.17) is 10.6 Å². The first-order chi connectivity index (χ1) is 7.92. The Labute approximate surface area is 102 Å². The Kier molecular flexibility index (Phi) is 4.66. The fraction of sp³-hybridized carbons (Fsp3) is 0.462. The first kappa shape index (κ1) is 13.7. The molecule has 0 saturated carbocycles. The summed E-state index contributed by atoms with van der Waals surface area (Å²) in [6.07, 6.45) is 0.520. The van der Waals surface area contributed by atoms with Crippen molar-refractivity contribution in [2.45, 2.75) is 38.8 Å². The summed E-state index contributed by atoms with van der Waals surface area (Å²) >= 11 is 0. The SMILES string of the molecule is CC(C)(C)OC(=O)C(Cc1ccccc1)NN. The largest absolute Gasteiger partial charge is 0.459 e. The number of hydrogen-bond acceptors (Lipinski definition) is 4. The maximum absolute atomic E-state index is 11.8. The van der Waals surface area contributed by atoms with Crippen LogP contribution >= 0.6 is 0 Å². The number of carbonyl (C=O) groups is 1. The molecule has 0 aromatic heterocycles. The summed E-state index contributed by atoms with van der Waals surface area (Å²) in [4.78, 5) is 11.8. The maximum atomic E-state index is 11.8. The second kappa shape index (κ2) is 5.80. The molecule has 0 spiro atoms. The second-order valence-electron chi connectivity index (χ2n) is 4.94. The van der Waals surface area contributed by atoms with Gasteiger partial charge in [0.05, 0.1) is 0 Å². The van der Waals surface area contributed by atoms with Crippen molar-refractivity contribution in [1.29, 1.82) is 0 Å². The number of benzene rings is 1. The molecule has 0 bridgehead atoms. The summed E-state index contributed by atoms with van der Waals surface area (Å²) in [5.74, 6) is 5.06. The summed E-state index contributed by atoms with van der Waals surface area (Å²) in [6, 6.07) is 9.18. The predicted molar refractivity (Wildman–Crippen MR) is 67.1 cm³/mol. The molecule has 0 aliphatic heterocycles. The van der Waals surface area contributed by atoms with Gasteiger partial charge in [0, 0.05) is 0 Å². The quantitative estimate of drug-likeness (QED) is 0.471. The lowest BCUT2D eigenvalue weighted by Crippen LogP contribution is -2.46. The Morgan fingerprint density at radius 3 is 2.41 bits per heavy atom. The van der Waals surface area contributed by atoms with Crippen LogP contribution in [0.3, 0.4) is 0 Å². The molecule has 17 heavy (non-hydrogen) atoms. The van der Waals surface area contributed by atoms with Gasteiger partial charge in [0.15, 0.2) is 0 Å². The zero-order valence-electron chi connectivity index (χ0n) is 10.6. The third-order valence-electron chi connectivity index (χ3n) is 2.18. The Morgan fingerprint density at radius 2 is 1.94 bits per heavy atom. The van der Waals surface area contributed by atoms with Crippen LogP contribution in [0.15, 0.2) is 30.3 Å². The number of esters is 1. The van der Waals surface area contributed by atoms with Gasteiger partial charge < -0.3 is 4.74 Å². The van der Waals surface area contributed by atoms with Crippen molar-refractivity contribution >= 4 is 5.97 Å². The van der Waals surface area contributed by atoms with Gasteiger partial charge in [0.2, 0.25) is 0 Å². The highest BCUT2D eigenvalue weighted by atomic mass is 16.6. The minimum Gasteiger partial charge on any atom is -0.459 e. The monoisotopic (exact) mass is 236 g/mol. The van der Waals surface area contributed by atoms with Crippen LogP contribution in [0.1, 0.15) is 26.3 Å². The number of nitrogens with two attached hydrogens (primary N) is 1. The van der Waals surface area contributed by atoms with E-state index in [1.54, 1.807) is 0 Å². The molecule has 1 atom stereocenters. The summed E-state index contributed by atoms with van der Waals surface area (Å²) in [6.45, 7) is 5.50. The molecule has 4 nitrogen and oxygen atoms in total. The molecule has 0 amide bonds. The zero-order chi connectivity index (χ0) is 12.9. The first-order valence-electron chi connectivity index (χ1n) is 5.65. The van der Waals surface area contributed by atoms with Gasteiger partial charge in [-0.25, -0.2) is 5.43 Å². The molecule has 4 heteroatoms. The van der Waals surface area contributed by atoms with Crippen LogP contribution in [-0.2, 0) is 16.0 Å². The molecule has 0 fully saturated rings. The Bertz CT molecular complexity index is 357. The molecular formula is C13H20N2O2. The van der Waals surface area contributed by atoms with Gasteiger partial charge in [-0.1, -0.05) is 30.3 Å². The highest BCUT2D eigenvalue weighted by molar-refractivity contribution is 5.76. The van der Waals surface area contributed by atoms with Crippen molar-refractivity contribution < 1.29 is 9.53 Å². The third-order valence-corrected chi connectivity index (χ3v) is 2.18. The summed E-state index contributed by atoms with van der Waals surface area (Å²) in [7, 11) is 0. The van der Waals surface area contributed by atoms with Gasteiger partial charge in [-0.05, 0) is 32.8 Å². The number of carbonyl (C=O) groups excluding carboxylic acids is 1. The van der Waals surface area contributed by atoms with Crippen LogP contribution in [-0.4, -0.2) is 17.6 Å². The number of ether oxygens (including phenoxy) is 1. The first-order valence-corrected chi connectivity index (χ1v) is 5.65. The average molecular weight is 236 g/mol. The molecule has 1 aromatic rings. The molecule has 1 aromatic carbocycles. The van der Waals surface area contributed by atoms with Crippen LogP contribution in [0.4, 0.5) is 0 Å². The lowest BCUT2D eigenvalue weighted by molar-refractivity contribution is -0.157. The minimum atomic E-state index is -0.517. The van der Waals surface area contributed by atoms with Gasteiger partial charge in [0.25, 0.3) is 0 Å². The fourth-order valence-electron chi connectivity index (χ4n) is 1.43. The molecule has 0 aliphatic rings. The van der Waals surface area contributed by atoms with Crippen LogP contribution in [0, 0.1) is 0 Å². The van der Waals surface area contributed by atoms with Crippen molar-refractivity contribution in [2.24, 2.45) is 5.84 Å². The molecular weight excluding hydrogens is 216 g/mol. The lowest BCUT2D eigenvalue weighted by atomic mass is 10.1. The molecule has 94 valence electrons. The number of nitrogens with one attached hydrogen (secondary N) is 1. The van der Waals surface area contributed by atoms with Crippen molar-refractivity contribution in [3.63, 3.8) is 0 Å².